The Labute approximate surface area is 109 Å². The van der Waals surface area contributed by atoms with E-state index in [1.54, 1.807) is 12.1 Å². The van der Waals surface area contributed by atoms with Gasteiger partial charge >= 0.3 is 0 Å². The molecule has 1 aromatic rings. The van der Waals surface area contributed by atoms with Crippen molar-refractivity contribution in [2.75, 3.05) is 32.8 Å². The molecule has 3 heteroatoms. The summed E-state index contributed by atoms with van der Waals surface area (Å²) in [7, 11) is 0. The summed E-state index contributed by atoms with van der Waals surface area (Å²) in [5, 5.41) is 0. The van der Waals surface area contributed by atoms with Gasteiger partial charge in [-0.05, 0) is 62.1 Å². The zero-order chi connectivity index (χ0) is 13.0. The fourth-order valence-electron chi connectivity index (χ4n) is 2.64. The smallest absolute Gasteiger partial charge is 0.123 e. The van der Waals surface area contributed by atoms with Crippen LogP contribution in [0.5, 0.6) is 0 Å². The summed E-state index contributed by atoms with van der Waals surface area (Å²) in [6.45, 7) is 8.91. The van der Waals surface area contributed by atoms with Gasteiger partial charge in [0.15, 0.2) is 0 Å². The fourth-order valence-corrected chi connectivity index (χ4v) is 2.64. The number of hydrogen-bond acceptors (Lipinski definition) is 2. The molecular formula is C15H22FNO. The molecule has 1 aliphatic heterocycles. The Hall–Kier alpha value is -0.930. The summed E-state index contributed by atoms with van der Waals surface area (Å²) >= 11 is 0. The van der Waals surface area contributed by atoms with Crippen molar-refractivity contribution < 1.29 is 9.13 Å². The van der Waals surface area contributed by atoms with Gasteiger partial charge in [-0.25, -0.2) is 4.39 Å². The highest BCUT2D eigenvalue weighted by Crippen LogP contribution is 2.17. The fraction of sp³-hybridized carbons (Fsp3) is 0.600. The standard InChI is InChI=1S/C15H22FNO/c1-12-10-14(16)11-13(2)15(12)4-3-5-17-6-8-18-9-7-17/h10-11H,3-9H2,1-2H3. The van der Waals surface area contributed by atoms with Gasteiger partial charge in [0.1, 0.15) is 5.82 Å². The number of nitrogens with zero attached hydrogens (tertiary/aromatic N) is 1. The number of benzene rings is 1. The lowest BCUT2D eigenvalue weighted by molar-refractivity contribution is 0.0374. The molecule has 2 nitrogen and oxygen atoms in total. The maximum atomic E-state index is 13.2. The first-order valence-corrected chi connectivity index (χ1v) is 6.72. The molecule has 0 bridgehead atoms. The highest BCUT2D eigenvalue weighted by molar-refractivity contribution is 5.34. The lowest BCUT2D eigenvalue weighted by atomic mass is 9.98. The Balaban J connectivity index is 1.86. The second-order valence-corrected chi connectivity index (χ2v) is 5.08. The molecule has 0 spiro atoms. The third-order valence-corrected chi connectivity index (χ3v) is 3.67. The van der Waals surface area contributed by atoms with Crippen molar-refractivity contribution in [3.8, 4) is 0 Å². The van der Waals surface area contributed by atoms with Crippen molar-refractivity contribution >= 4 is 0 Å². The van der Waals surface area contributed by atoms with Crippen LogP contribution >= 0.6 is 0 Å². The lowest BCUT2D eigenvalue weighted by Crippen LogP contribution is -2.37. The first-order chi connectivity index (χ1) is 8.66. The van der Waals surface area contributed by atoms with E-state index in [9.17, 15) is 4.39 Å². The van der Waals surface area contributed by atoms with E-state index >= 15 is 0 Å². The number of hydrogen-bond donors (Lipinski definition) is 0. The molecule has 2 rings (SSSR count). The van der Waals surface area contributed by atoms with Crippen LogP contribution in [-0.2, 0) is 11.2 Å². The lowest BCUT2D eigenvalue weighted by Gasteiger charge is -2.26. The highest BCUT2D eigenvalue weighted by Gasteiger charge is 2.10. The Kier molecular flexibility index (Phi) is 4.72. The van der Waals surface area contributed by atoms with Crippen molar-refractivity contribution in [1.82, 2.24) is 4.90 Å². The summed E-state index contributed by atoms with van der Waals surface area (Å²) < 4.78 is 18.5. The average Bonchev–Trinajstić information content (AvgIpc) is 2.34. The predicted molar refractivity (Wildman–Crippen MR) is 71.5 cm³/mol. The second kappa shape index (κ2) is 6.30. The minimum absolute atomic E-state index is 0.123. The molecular weight excluding hydrogens is 229 g/mol. The number of ether oxygens (including phenoxy) is 1. The van der Waals surface area contributed by atoms with E-state index < -0.39 is 0 Å². The molecule has 0 radical (unpaired) electrons. The summed E-state index contributed by atoms with van der Waals surface area (Å²) in [4.78, 5) is 2.44. The van der Waals surface area contributed by atoms with E-state index in [4.69, 9.17) is 4.74 Å². The molecule has 0 amide bonds. The van der Waals surface area contributed by atoms with Crippen molar-refractivity contribution in [2.45, 2.75) is 26.7 Å². The van der Waals surface area contributed by atoms with Gasteiger partial charge < -0.3 is 4.74 Å². The Morgan fingerprint density at radius 1 is 1.17 bits per heavy atom. The van der Waals surface area contributed by atoms with Crippen LogP contribution in [0.2, 0.25) is 0 Å². The second-order valence-electron chi connectivity index (χ2n) is 5.08. The zero-order valence-corrected chi connectivity index (χ0v) is 11.3. The maximum absolute atomic E-state index is 13.2. The van der Waals surface area contributed by atoms with E-state index in [0.717, 1.165) is 56.8 Å². The molecule has 0 N–H and O–H groups in total. The molecule has 1 saturated heterocycles. The summed E-state index contributed by atoms with van der Waals surface area (Å²) in [6.07, 6.45) is 2.17. The molecule has 0 aliphatic carbocycles. The van der Waals surface area contributed by atoms with Crippen LogP contribution in [0.3, 0.4) is 0 Å². The first-order valence-electron chi connectivity index (χ1n) is 6.72. The van der Waals surface area contributed by atoms with E-state index in [0.29, 0.717) is 0 Å². The van der Waals surface area contributed by atoms with Crippen molar-refractivity contribution in [2.24, 2.45) is 0 Å². The minimum atomic E-state index is -0.123. The van der Waals surface area contributed by atoms with Crippen LogP contribution < -0.4 is 0 Å². The average molecular weight is 251 g/mol. The number of rotatable bonds is 4. The monoisotopic (exact) mass is 251 g/mol. The molecule has 1 aromatic carbocycles. The Bertz CT molecular complexity index is 376. The first kappa shape index (κ1) is 13.5. The van der Waals surface area contributed by atoms with Crippen LogP contribution in [-0.4, -0.2) is 37.7 Å². The van der Waals surface area contributed by atoms with Crippen LogP contribution in [0.25, 0.3) is 0 Å². The van der Waals surface area contributed by atoms with Gasteiger partial charge in [0.25, 0.3) is 0 Å². The van der Waals surface area contributed by atoms with Crippen LogP contribution in [0, 0.1) is 19.7 Å². The van der Waals surface area contributed by atoms with Gasteiger partial charge in [0, 0.05) is 13.1 Å². The number of halogens is 1. The van der Waals surface area contributed by atoms with Gasteiger partial charge in [-0.15, -0.1) is 0 Å². The summed E-state index contributed by atoms with van der Waals surface area (Å²) in [5.74, 6) is -0.123. The highest BCUT2D eigenvalue weighted by atomic mass is 19.1. The summed E-state index contributed by atoms with van der Waals surface area (Å²) in [5.41, 5.74) is 3.47. The van der Waals surface area contributed by atoms with Gasteiger partial charge in [-0.1, -0.05) is 0 Å². The van der Waals surface area contributed by atoms with Gasteiger partial charge in [-0.2, -0.15) is 0 Å². The van der Waals surface area contributed by atoms with E-state index in [1.807, 2.05) is 13.8 Å². The normalized spacial score (nSPS) is 17.1. The quantitative estimate of drug-likeness (QED) is 0.816. The molecule has 0 saturated carbocycles. The topological polar surface area (TPSA) is 12.5 Å². The zero-order valence-electron chi connectivity index (χ0n) is 11.3. The molecule has 0 atom stereocenters. The predicted octanol–water partition coefficient (Wildman–Crippen LogP) is 2.71. The molecule has 100 valence electrons. The largest absolute Gasteiger partial charge is 0.379 e. The molecule has 1 fully saturated rings. The maximum Gasteiger partial charge on any atom is 0.123 e. The van der Waals surface area contributed by atoms with Gasteiger partial charge in [-0.3, -0.25) is 4.90 Å². The van der Waals surface area contributed by atoms with Crippen LogP contribution in [0.4, 0.5) is 4.39 Å². The van der Waals surface area contributed by atoms with E-state index in [1.165, 1.54) is 5.56 Å². The van der Waals surface area contributed by atoms with Crippen molar-refractivity contribution in [3.63, 3.8) is 0 Å². The number of aryl methyl sites for hydroxylation is 2. The molecule has 0 aromatic heterocycles. The van der Waals surface area contributed by atoms with E-state index in [-0.39, 0.29) is 5.82 Å². The van der Waals surface area contributed by atoms with Crippen molar-refractivity contribution in [3.05, 3.63) is 34.6 Å². The van der Waals surface area contributed by atoms with Crippen LogP contribution in [0.1, 0.15) is 23.1 Å². The SMILES string of the molecule is Cc1cc(F)cc(C)c1CCCN1CCOCC1. The molecule has 1 heterocycles. The van der Waals surface area contributed by atoms with Gasteiger partial charge in [0.05, 0.1) is 13.2 Å². The Morgan fingerprint density at radius 3 is 2.39 bits per heavy atom. The third-order valence-electron chi connectivity index (χ3n) is 3.67. The molecule has 1 aliphatic rings. The molecule has 0 unspecified atom stereocenters. The van der Waals surface area contributed by atoms with E-state index in [2.05, 4.69) is 4.90 Å². The summed E-state index contributed by atoms with van der Waals surface area (Å²) in [6, 6.07) is 3.27. The Morgan fingerprint density at radius 2 is 1.78 bits per heavy atom. The molecule has 18 heavy (non-hydrogen) atoms. The number of morpholine rings is 1. The van der Waals surface area contributed by atoms with Crippen LogP contribution in [0.15, 0.2) is 12.1 Å². The minimum Gasteiger partial charge on any atom is -0.379 e. The third kappa shape index (κ3) is 3.53. The van der Waals surface area contributed by atoms with Gasteiger partial charge in [0.2, 0.25) is 0 Å². The van der Waals surface area contributed by atoms with Crippen molar-refractivity contribution in [1.29, 1.82) is 0 Å².